The maximum atomic E-state index is 9.46. The lowest BCUT2D eigenvalue weighted by atomic mass is 10.1. The number of halogens is 2. The normalized spacial score (nSPS) is 10.4. The minimum atomic E-state index is 0.252. The summed E-state index contributed by atoms with van der Waals surface area (Å²) in [5, 5.41) is 13.8. The molecule has 0 aliphatic carbocycles. The molecule has 0 radical (unpaired) electrons. The van der Waals surface area contributed by atoms with Crippen LogP contribution in [0.2, 0.25) is 10.0 Å². The van der Waals surface area contributed by atoms with Crippen LogP contribution in [0.25, 0.3) is 0 Å². The number of rotatable bonds is 3. The summed E-state index contributed by atoms with van der Waals surface area (Å²) in [7, 11) is 0. The van der Waals surface area contributed by atoms with Gasteiger partial charge in [0, 0.05) is 5.69 Å². The van der Waals surface area contributed by atoms with Crippen molar-refractivity contribution in [3.8, 4) is 5.75 Å². The van der Waals surface area contributed by atoms with E-state index in [1.54, 1.807) is 30.3 Å². The number of phenols is 1. The summed E-state index contributed by atoms with van der Waals surface area (Å²) in [4.78, 5) is 0. The number of hydrogen-bond donors (Lipinski definition) is 2. The first-order valence-electron chi connectivity index (χ1n) is 5.64. The second-order valence-corrected chi connectivity index (χ2v) is 4.73. The van der Waals surface area contributed by atoms with Gasteiger partial charge < -0.3 is 10.4 Å². The molecule has 0 heterocycles. The lowest BCUT2D eigenvalue weighted by Gasteiger charge is -2.13. The fraction of sp³-hybridized carbons (Fsp3) is 0.143. The second-order valence-electron chi connectivity index (χ2n) is 3.92. The Kier molecular flexibility index (Phi) is 4.00. The predicted octanol–water partition coefficient (Wildman–Crippen LogP) is 5.01. The highest BCUT2D eigenvalue weighted by molar-refractivity contribution is 6.39. The molecule has 0 aromatic heterocycles. The highest BCUT2D eigenvalue weighted by Gasteiger charge is 2.08. The van der Waals surface area contributed by atoms with Gasteiger partial charge in [-0.1, -0.05) is 36.2 Å². The molecule has 2 rings (SSSR count). The average molecular weight is 282 g/mol. The molecule has 2 nitrogen and oxygen atoms in total. The largest absolute Gasteiger partial charge is 0.508 e. The molecule has 94 valence electrons. The Labute approximate surface area is 116 Å². The van der Waals surface area contributed by atoms with Crippen molar-refractivity contribution in [1.29, 1.82) is 0 Å². The summed E-state index contributed by atoms with van der Waals surface area (Å²) < 4.78 is 0. The maximum Gasteiger partial charge on any atom is 0.116 e. The topological polar surface area (TPSA) is 32.3 Å². The van der Waals surface area contributed by atoms with Crippen LogP contribution in [0.4, 0.5) is 11.4 Å². The van der Waals surface area contributed by atoms with Crippen LogP contribution in [0, 0.1) is 0 Å². The van der Waals surface area contributed by atoms with E-state index in [4.69, 9.17) is 23.2 Å². The molecule has 0 unspecified atom stereocenters. The van der Waals surface area contributed by atoms with Crippen molar-refractivity contribution in [3.63, 3.8) is 0 Å². The average Bonchev–Trinajstić information content (AvgIpc) is 2.35. The first kappa shape index (κ1) is 13.1. The van der Waals surface area contributed by atoms with Crippen LogP contribution >= 0.6 is 23.2 Å². The Morgan fingerprint density at radius 3 is 2.39 bits per heavy atom. The molecule has 0 saturated carbocycles. The number of benzene rings is 2. The van der Waals surface area contributed by atoms with Gasteiger partial charge in [-0.3, -0.25) is 0 Å². The lowest BCUT2D eigenvalue weighted by molar-refractivity contribution is 0.474. The van der Waals surface area contributed by atoms with Crippen molar-refractivity contribution in [3.05, 3.63) is 52.0 Å². The molecule has 4 heteroatoms. The summed E-state index contributed by atoms with van der Waals surface area (Å²) in [6, 6.07) is 10.5. The summed E-state index contributed by atoms with van der Waals surface area (Å²) >= 11 is 12.2. The van der Waals surface area contributed by atoms with Crippen LogP contribution in [-0.4, -0.2) is 5.11 Å². The highest BCUT2D eigenvalue weighted by atomic mass is 35.5. The van der Waals surface area contributed by atoms with Crippen molar-refractivity contribution < 1.29 is 5.11 Å². The van der Waals surface area contributed by atoms with Crippen molar-refractivity contribution >= 4 is 34.6 Å². The minimum Gasteiger partial charge on any atom is -0.508 e. The Morgan fingerprint density at radius 2 is 1.78 bits per heavy atom. The first-order chi connectivity index (χ1) is 8.61. The van der Waals surface area contributed by atoms with Crippen LogP contribution in [0.15, 0.2) is 36.4 Å². The molecule has 0 amide bonds. The van der Waals surface area contributed by atoms with Gasteiger partial charge in [-0.2, -0.15) is 0 Å². The van der Waals surface area contributed by atoms with Gasteiger partial charge in [-0.25, -0.2) is 0 Å². The molecule has 0 fully saturated rings. The number of nitrogens with one attached hydrogen (secondary N) is 1. The van der Waals surface area contributed by atoms with Crippen molar-refractivity contribution in [1.82, 2.24) is 0 Å². The Bertz CT molecular complexity index is 549. The summed E-state index contributed by atoms with van der Waals surface area (Å²) in [6.07, 6.45) is 0.804. The fourth-order valence-corrected chi connectivity index (χ4v) is 2.24. The zero-order chi connectivity index (χ0) is 13.1. The van der Waals surface area contributed by atoms with E-state index in [0.29, 0.717) is 15.7 Å². The SMILES string of the molecule is CCc1cc(O)ccc1Nc1c(Cl)cccc1Cl. The number of aryl methyl sites for hydroxylation is 1. The van der Waals surface area contributed by atoms with Crippen LogP contribution in [0.5, 0.6) is 5.75 Å². The highest BCUT2D eigenvalue weighted by Crippen LogP contribution is 2.34. The number of hydrogen-bond acceptors (Lipinski definition) is 2. The third-order valence-electron chi connectivity index (χ3n) is 2.69. The van der Waals surface area contributed by atoms with Crippen LogP contribution in [0.3, 0.4) is 0 Å². The van der Waals surface area contributed by atoms with Crippen LogP contribution in [-0.2, 0) is 6.42 Å². The molecule has 0 bridgehead atoms. The van der Waals surface area contributed by atoms with Gasteiger partial charge in [0.25, 0.3) is 0 Å². The standard InChI is InChI=1S/C14H13Cl2NO/c1-2-9-8-10(18)6-7-13(9)17-14-11(15)4-3-5-12(14)16/h3-8,17-18H,2H2,1H3. The molecule has 0 aliphatic rings. The van der Waals surface area contributed by atoms with Gasteiger partial charge in [0.05, 0.1) is 15.7 Å². The molecule has 2 aromatic carbocycles. The fourth-order valence-electron chi connectivity index (χ4n) is 1.75. The van der Waals surface area contributed by atoms with Crippen molar-refractivity contribution in [2.75, 3.05) is 5.32 Å². The van der Waals surface area contributed by atoms with E-state index >= 15 is 0 Å². The molecular formula is C14H13Cl2NO. The van der Waals surface area contributed by atoms with Gasteiger partial charge >= 0.3 is 0 Å². The van der Waals surface area contributed by atoms with E-state index < -0.39 is 0 Å². The Hall–Kier alpha value is -1.38. The molecule has 0 atom stereocenters. The number of para-hydroxylation sites is 1. The van der Waals surface area contributed by atoms with Gasteiger partial charge in [0.1, 0.15) is 5.75 Å². The van der Waals surface area contributed by atoms with E-state index in [0.717, 1.165) is 17.7 Å². The summed E-state index contributed by atoms with van der Waals surface area (Å²) in [5.74, 6) is 0.252. The molecule has 0 spiro atoms. The van der Waals surface area contributed by atoms with E-state index in [2.05, 4.69) is 5.32 Å². The number of phenolic OH excluding ortho intramolecular Hbond substituents is 1. The summed E-state index contributed by atoms with van der Waals surface area (Å²) in [5.41, 5.74) is 2.58. The molecular weight excluding hydrogens is 269 g/mol. The van der Waals surface area contributed by atoms with Gasteiger partial charge in [0.15, 0.2) is 0 Å². The van der Waals surface area contributed by atoms with Gasteiger partial charge in [-0.15, -0.1) is 0 Å². The molecule has 0 saturated heterocycles. The lowest BCUT2D eigenvalue weighted by Crippen LogP contribution is -1.96. The number of aromatic hydroxyl groups is 1. The molecule has 0 aliphatic heterocycles. The zero-order valence-corrected chi connectivity index (χ0v) is 11.4. The Morgan fingerprint density at radius 1 is 1.11 bits per heavy atom. The van der Waals surface area contributed by atoms with Crippen LogP contribution in [0.1, 0.15) is 12.5 Å². The first-order valence-corrected chi connectivity index (χ1v) is 6.40. The minimum absolute atomic E-state index is 0.252. The predicted molar refractivity (Wildman–Crippen MR) is 77.2 cm³/mol. The van der Waals surface area contributed by atoms with E-state index in [1.807, 2.05) is 13.0 Å². The third-order valence-corrected chi connectivity index (χ3v) is 3.32. The van der Waals surface area contributed by atoms with Crippen molar-refractivity contribution in [2.45, 2.75) is 13.3 Å². The third kappa shape index (κ3) is 2.71. The van der Waals surface area contributed by atoms with Crippen LogP contribution < -0.4 is 5.32 Å². The Balaban J connectivity index is 2.40. The quantitative estimate of drug-likeness (QED) is 0.776. The second kappa shape index (κ2) is 5.51. The molecule has 2 N–H and O–H groups in total. The summed E-state index contributed by atoms with van der Waals surface area (Å²) in [6.45, 7) is 2.02. The maximum absolute atomic E-state index is 9.46. The van der Waals surface area contributed by atoms with Gasteiger partial charge in [-0.05, 0) is 42.3 Å². The van der Waals surface area contributed by atoms with E-state index in [9.17, 15) is 5.11 Å². The molecule has 18 heavy (non-hydrogen) atoms. The smallest absolute Gasteiger partial charge is 0.116 e. The zero-order valence-electron chi connectivity index (χ0n) is 9.87. The van der Waals surface area contributed by atoms with Gasteiger partial charge in [0.2, 0.25) is 0 Å². The number of anilines is 2. The van der Waals surface area contributed by atoms with Crippen molar-refractivity contribution in [2.24, 2.45) is 0 Å². The molecule has 2 aromatic rings. The monoisotopic (exact) mass is 281 g/mol. The van der Waals surface area contributed by atoms with E-state index in [1.165, 1.54) is 0 Å². The van der Waals surface area contributed by atoms with E-state index in [-0.39, 0.29) is 5.75 Å².